The Morgan fingerprint density at radius 3 is 2.56 bits per heavy atom. The van der Waals surface area contributed by atoms with Crippen molar-refractivity contribution in [3.63, 3.8) is 0 Å². The quantitative estimate of drug-likeness (QED) is 0.708. The van der Waals surface area contributed by atoms with Crippen molar-refractivity contribution in [3.05, 3.63) is 58.4 Å². The second-order valence-corrected chi connectivity index (χ2v) is 6.66. The number of nitrogens with zero attached hydrogens (tertiary/aromatic N) is 1. The molecule has 4 rings (SSSR count). The number of benzene rings is 1. The second-order valence-electron chi connectivity index (χ2n) is 6.03. The first-order valence-corrected chi connectivity index (χ1v) is 9.34. The van der Waals surface area contributed by atoms with Gasteiger partial charge in [0.1, 0.15) is 5.76 Å². The Kier molecular flexibility index (Phi) is 4.75. The van der Waals surface area contributed by atoms with E-state index < -0.39 is 0 Å². The van der Waals surface area contributed by atoms with Crippen molar-refractivity contribution in [3.8, 4) is 28.5 Å². The molecule has 1 aliphatic heterocycles. The summed E-state index contributed by atoms with van der Waals surface area (Å²) in [5.41, 5.74) is 8.20. The molecule has 6 heteroatoms. The van der Waals surface area contributed by atoms with E-state index in [4.69, 9.17) is 18.9 Å². The van der Waals surface area contributed by atoms with E-state index >= 15 is 0 Å². The van der Waals surface area contributed by atoms with E-state index in [9.17, 15) is 0 Å². The highest BCUT2D eigenvalue weighted by atomic mass is 32.1. The highest BCUT2D eigenvalue weighted by molar-refractivity contribution is 7.04. The van der Waals surface area contributed by atoms with Crippen molar-refractivity contribution in [2.75, 3.05) is 27.9 Å². The third-order valence-electron chi connectivity index (χ3n) is 4.55. The van der Waals surface area contributed by atoms with Gasteiger partial charge in [-0.3, -0.25) is 0 Å². The first-order chi connectivity index (χ1) is 13.2. The summed E-state index contributed by atoms with van der Waals surface area (Å²) in [6, 6.07) is 3.82. The molecular formula is C21H19NO4S. The minimum Gasteiger partial charge on any atom is -0.493 e. The molecule has 0 spiro atoms. The summed E-state index contributed by atoms with van der Waals surface area (Å²) in [5, 5.41) is 2.03. The highest BCUT2D eigenvalue weighted by Crippen LogP contribution is 2.43. The van der Waals surface area contributed by atoms with Crippen LogP contribution in [0.25, 0.3) is 16.8 Å². The fraction of sp³-hybridized carbons (Fsp3) is 0.238. The van der Waals surface area contributed by atoms with Crippen molar-refractivity contribution in [1.82, 2.24) is 4.37 Å². The second kappa shape index (κ2) is 7.35. The Hall–Kier alpha value is -2.95. The first kappa shape index (κ1) is 17.5. The summed E-state index contributed by atoms with van der Waals surface area (Å²) in [4.78, 5) is 0. The average molecular weight is 381 g/mol. The molecule has 1 aliphatic carbocycles. The molecule has 0 fully saturated rings. The van der Waals surface area contributed by atoms with Crippen molar-refractivity contribution in [2.45, 2.75) is 6.42 Å². The molecule has 0 N–H and O–H groups in total. The summed E-state index contributed by atoms with van der Waals surface area (Å²) in [5.74, 6) is 2.67. The fourth-order valence-corrected chi connectivity index (χ4v) is 3.92. The largest absolute Gasteiger partial charge is 0.493 e. The molecule has 5 nitrogen and oxygen atoms in total. The van der Waals surface area contributed by atoms with Gasteiger partial charge in [0.25, 0.3) is 0 Å². The zero-order valence-corrected chi connectivity index (χ0v) is 16.2. The van der Waals surface area contributed by atoms with Crippen LogP contribution in [0.4, 0.5) is 0 Å². The molecule has 1 aromatic heterocycles. The number of allylic oxidation sites excluding steroid dienone is 3. The maximum atomic E-state index is 5.75. The normalized spacial score (nSPS) is 15.1. The van der Waals surface area contributed by atoms with Crippen LogP contribution in [-0.4, -0.2) is 32.3 Å². The molecule has 27 heavy (non-hydrogen) atoms. The van der Waals surface area contributed by atoms with Crippen molar-refractivity contribution >= 4 is 17.1 Å². The van der Waals surface area contributed by atoms with Crippen molar-refractivity contribution in [2.24, 2.45) is 0 Å². The smallest absolute Gasteiger partial charge is 0.203 e. The van der Waals surface area contributed by atoms with E-state index in [-0.39, 0.29) is 0 Å². The van der Waals surface area contributed by atoms with Gasteiger partial charge in [0, 0.05) is 28.5 Å². The van der Waals surface area contributed by atoms with Crippen LogP contribution in [0.3, 0.4) is 0 Å². The molecule has 1 aromatic carbocycles. The van der Waals surface area contributed by atoms with E-state index in [1.54, 1.807) is 21.3 Å². The van der Waals surface area contributed by atoms with Crippen LogP contribution in [0.15, 0.2) is 52.8 Å². The lowest BCUT2D eigenvalue weighted by Gasteiger charge is -2.14. The Morgan fingerprint density at radius 2 is 1.85 bits per heavy atom. The molecule has 0 saturated heterocycles. The van der Waals surface area contributed by atoms with Crippen LogP contribution in [0.2, 0.25) is 0 Å². The van der Waals surface area contributed by atoms with E-state index in [1.807, 2.05) is 29.7 Å². The van der Waals surface area contributed by atoms with Crippen molar-refractivity contribution in [1.29, 1.82) is 0 Å². The van der Waals surface area contributed by atoms with Crippen molar-refractivity contribution < 1.29 is 18.9 Å². The SMILES string of the molecule is COc1cc(-c2nscc2C2=CC3=C(C=C=C2)CCO3)cc(OC)c1OC. The van der Waals surface area contributed by atoms with E-state index in [0.717, 1.165) is 34.6 Å². The monoisotopic (exact) mass is 381 g/mol. The molecule has 0 radical (unpaired) electrons. The molecule has 2 aliphatic rings. The van der Waals surface area contributed by atoms with Gasteiger partial charge in [0.2, 0.25) is 5.75 Å². The molecule has 0 unspecified atom stereocenters. The van der Waals surface area contributed by atoms with Gasteiger partial charge < -0.3 is 18.9 Å². The lowest BCUT2D eigenvalue weighted by Crippen LogP contribution is -1.96. The van der Waals surface area contributed by atoms with E-state index in [0.29, 0.717) is 23.9 Å². The predicted octanol–water partition coefficient (Wildman–Crippen LogP) is 4.62. The summed E-state index contributed by atoms with van der Waals surface area (Å²) < 4.78 is 26.8. The lowest BCUT2D eigenvalue weighted by atomic mass is 10.0. The minimum atomic E-state index is 0.561. The third kappa shape index (κ3) is 3.14. The van der Waals surface area contributed by atoms with E-state index in [1.165, 1.54) is 17.1 Å². The number of methoxy groups -OCH3 is 3. The third-order valence-corrected chi connectivity index (χ3v) is 5.18. The highest BCUT2D eigenvalue weighted by Gasteiger charge is 2.20. The van der Waals surface area contributed by atoms with Gasteiger partial charge in [-0.2, -0.15) is 4.37 Å². The zero-order chi connectivity index (χ0) is 18.8. The summed E-state index contributed by atoms with van der Waals surface area (Å²) in [6.07, 6.45) is 6.93. The molecule has 0 saturated carbocycles. The Bertz CT molecular complexity index is 984. The Balaban J connectivity index is 1.83. The number of rotatable bonds is 5. The lowest BCUT2D eigenvalue weighted by molar-refractivity contribution is 0.257. The minimum absolute atomic E-state index is 0.561. The van der Waals surface area contributed by atoms with Gasteiger partial charge >= 0.3 is 0 Å². The van der Waals surface area contributed by atoms with E-state index in [2.05, 4.69) is 16.2 Å². The van der Waals surface area contributed by atoms with Crippen LogP contribution in [0, 0.1) is 0 Å². The molecule has 0 bridgehead atoms. The molecular weight excluding hydrogens is 362 g/mol. The topological polar surface area (TPSA) is 49.8 Å². The van der Waals surface area contributed by atoms with Gasteiger partial charge in [-0.1, -0.05) is 0 Å². The summed E-state index contributed by atoms with van der Waals surface area (Å²) >= 11 is 1.41. The van der Waals surface area contributed by atoms with Crippen LogP contribution < -0.4 is 14.2 Å². The fourth-order valence-electron chi connectivity index (χ4n) is 3.20. The average Bonchev–Trinajstić information content (AvgIpc) is 3.32. The van der Waals surface area contributed by atoms with Gasteiger partial charge in [0.15, 0.2) is 11.5 Å². The molecule has 0 amide bonds. The summed E-state index contributed by atoms with van der Waals surface area (Å²) in [7, 11) is 4.81. The number of hydrogen-bond donors (Lipinski definition) is 0. The Morgan fingerprint density at radius 1 is 1.07 bits per heavy atom. The molecule has 2 aromatic rings. The number of aromatic nitrogens is 1. The van der Waals surface area contributed by atoms with Gasteiger partial charge in [-0.25, -0.2) is 0 Å². The van der Waals surface area contributed by atoms with Crippen LogP contribution in [0.5, 0.6) is 17.2 Å². The molecule has 2 heterocycles. The Labute approximate surface area is 162 Å². The zero-order valence-electron chi connectivity index (χ0n) is 15.4. The summed E-state index contributed by atoms with van der Waals surface area (Å²) in [6.45, 7) is 0.717. The van der Waals surface area contributed by atoms with Gasteiger partial charge in [-0.05, 0) is 47.5 Å². The maximum Gasteiger partial charge on any atom is 0.203 e. The molecule has 0 atom stereocenters. The van der Waals surface area contributed by atoms with Gasteiger partial charge in [0.05, 0.1) is 33.6 Å². The first-order valence-electron chi connectivity index (χ1n) is 8.50. The van der Waals surface area contributed by atoms with Crippen LogP contribution >= 0.6 is 11.5 Å². The van der Waals surface area contributed by atoms with Crippen LogP contribution in [0.1, 0.15) is 12.0 Å². The van der Waals surface area contributed by atoms with Crippen LogP contribution in [-0.2, 0) is 4.74 Å². The maximum absolute atomic E-state index is 5.75. The number of ether oxygens (including phenoxy) is 4. The standard InChI is InChI=1S/C21H19NO4S/c1-23-18-10-15(11-19(24-2)21(18)25-3)20-16(12-27-22-20)14-6-4-5-13-7-8-26-17(13)9-14/h5-6,9-12H,7-8H2,1-3H3. The number of hydrogen-bond acceptors (Lipinski definition) is 6. The van der Waals surface area contributed by atoms with Gasteiger partial charge in [-0.15, -0.1) is 5.73 Å². The predicted molar refractivity (Wildman–Crippen MR) is 105 cm³/mol. The molecule has 138 valence electrons.